The van der Waals surface area contributed by atoms with Gasteiger partial charge in [0.25, 0.3) is 0 Å². The van der Waals surface area contributed by atoms with Crippen molar-refractivity contribution in [1.29, 1.82) is 0 Å². The lowest BCUT2D eigenvalue weighted by molar-refractivity contribution is 0.306. The molecule has 4 heteroatoms. The summed E-state index contributed by atoms with van der Waals surface area (Å²) in [7, 11) is 0. The van der Waals surface area contributed by atoms with E-state index in [0.29, 0.717) is 18.3 Å². The van der Waals surface area contributed by atoms with Crippen LogP contribution in [-0.4, -0.2) is 11.7 Å². The SMILES string of the molecule is C=CCNC(=S)Nc1ccc(OCc2ccccc2)cc1. The van der Waals surface area contributed by atoms with E-state index in [1.54, 1.807) is 6.08 Å². The maximum absolute atomic E-state index is 5.73. The zero-order valence-electron chi connectivity index (χ0n) is 11.7. The van der Waals surface area contributed by atoms with E-state index < -0.39 is 0 Å². The molecular formula is C17H18N2OS. The minimum absolute atomic E-state index is 0.562. The van der Waals surface area contributed by atoms with Crippen LogP contribution in [0.1, 0.15) is 5.56 Å². The van der Waals surface area contributed by atoms with E-state index in [0.717, 1.165) is 17.0 Å². The standard InChI is InChI=1S/C17H18N2OS/c1-2-12-18-17(21)19-15-8-10-16(11-9-15)20-13-14-6-4-3-5-7-14/h2-11H,1,12-13H2,(H2,18,19,21). The summed E-state index contributed by atoms with van der Waals surface area (Å²) in [5.74, 6) is 0.828. The van der Waals surface area contributed by atoms with Crippen molar-refractivity contribution in [3.05, 3.63) is 72.8 Å². The smallest absolute Gasteiger partial charge is 0.171 e. The molecule has 0 fully saturated rings. The van der Waals surface area contributed by atoms with Gasteiger partial charge in [-0.25, -0.2) is 0 Å². The average Bonchev–Trinajstić information content (AvgIpc) is 2.53. The number of hydrogen-bond acceptors (Lipinski definition) is 2. The lowest BCUT2D eigenvalue weighted by Gasteiger charge is -2.10. The van der Waals surface area contributed by atoms with Crippen molar-refractivity contribution in [3.8, 4) is 5.75 Å². The van der Waals surface area contributed by atoms with E-state index in [1.165, 1.54) is 0 Å². The molecule has 2 N–H and O–H groups in total. The number of nitrogens with one attached hydrogen (secondary N) is 2. The van der Waals surface area contributed by atoms with Crippen LogP contribution < -0.4 is 15.4 Å². The molecule has 108 valence electrons. The van der Waals surface area contributed by atoms with Crippen LogP contribution in [0, 0.1) is 0 Å². The molecule has 0 heterocycles. The van der Waals surface area contributed by atoms with Gasteiger partial charge >= 0.3 is 0 Å². The van der Waals surface area contributed by atoms with E-state index in [1.807, 2.05) is 54.6 Å². The molecule has 3 nitrogen and oxygen atoms in total. The molecule has 0 aliphatic rings. The molecular weight excluding hydrogens is 280 g/mol. The Labute approximate surface area is 130 Å². The fourth-order valence-electron chi connectivity index (χ4n) is 1.72. The van der Waals surface area contributed by atoms with Crippen molar-refractivity contribution in [3.63, 3.8) is 0 Å². The van der Waals surface area contributed by atoms with Gasteiger partial charge in [-0.05, 0) is 42.0 Å². The van der Waals surface area contributed by atoms with Crippen molar-refractivity contribution in [1.82, 2.24) is 5.32 Å². The second kappa shape index (κ2) is 8.07. The summed E-state index contributed by atoms with van der Waals surface area (Å²) in [6, 6.07) is 17.8. The lowest BCUT2D eigenvalue weighted by atomic mass is 10.2. The highest BCUT2D eigenvalue weighted by molar-refractivity contribution is 7.80. The maximum atomic E-state index is 5.73. The Balaban J connectivity index is 1.84. The Bertz CT molecular complexity index is 581. The molecule has 0 aromatic heterocycles. The van der Waals surface area contributed by atoms with Crippen LogP contribution in [0.25, 0.3) is 0 Å². The van der Waals surface area contributed by atoms with Gasteiger partial charge in [-0.15, -0.1) is 6.58 Å². The van der Waals surface area contributed by atoms with Crippen LogP contribution >= 0.6 is 12.2 Å². The number of rotatable bonds is 6. The highest BCUT2D eigenvalue weighted by atomic mass is 32.1. The average molecular weight is 298 g/mol. The van der Waals surface area contributed by atoms with E-state index in [9.17, 15) is 0 Å². The summed E-state index contributed by atoms with van der Waals surface area (Å²) >= 11 is 5.15. The molecule has 2 aromatic carbocycles. The summed E-state index contributed by atoms with van der Waals surface area (Å²) in [5, 5.41) is 6.68. The van der Waals surface area contributed by atoms with E-state index in [2.05, 4.69) is 17.2 Å². The molecule has 0 spiro atoms. The maximum Gasteiger partial charge on any atom is 0.171 e. The molecule has 0 aliphatic heterocycles. The summed E-state index contributed by atoms with van der Waals surface area (Å²) in [6.07, 6.45) is 1.76. The Hall–Kier alpha value is -2.33. The molecule has 0 aliphatic carbocycles. The Morgan fingerprint density at radius 2 is 1.81 bits per heavy atom. The van der Waals surface area contributed by atoms with Crippen LogP contribution in [0.15, 0.2) is 67.3 Å². The zero-order chi connectivity index (χ0) is 14.9. The molecule has 0 bridgehead atoms. The normalized spacial score (nSPS) is 9.71. The molecule has 0 radical (unpaired) electrons. The highest BCUT2D eigenvalue weighted by Gasteiger charge is 1.98. The molecule has 0 amide bonds. The van der Waals surface area contributed by atoms with Gasteiger partial charge in [-0.2, -0.15) is 0 Å². The third-order valence-corrected chi connectivity index (χ3v) is 3.01. The van der Waals surface area contributed by atoms with Crippen LogP contribution in [0.4, 0.5) is 5.69 Å². The minimum atomic E-state index is 0.562. The Morgan fingerprint density at radius 3 is 2.48 bits per heavy atom. The first-order chi connectivity index (χ1) is 10.3. The summed E-state index contributed by atoms with van der Waals surface area (Å²) in [6.45, 7) is 4.84. The first kappa shape index (κ1) is 15.1. The molecule has 2 rings (SSSR count). The summed E-state index contributed by atoms with van der Waals surface area (Å²) in [4.78, 5) is 0. The van der Waals surface area contributed by atoms with Gasteiger partial charge in [0.2, 0.25) is 0 Å². The molecule has 0 atom stereocenters. The number of anilines is 1. The minimum Gasteiger partial charge on any atom is -0.489 e. The molecule has 2 aromatic rings. The topological polar surface area (TPSA) is 33.3 Å². The first-order valence-corrected chi connectivity index (χ1v) is 7.11. The van der Waals surface area contributed by atoms with Crippen LogP contribution in [0.3, 0.4) is 0 Å². The van der Waals surface area contributed by atoms with Gasteiger partial charge in [0, 0.05) is 12.2 Å². The van der Waals surface area contributed by atoms with Crippen molar-refractivity contribution in [2.24, 2.45) is 0 Å². The summed E-state index contributed by atoms with van der Waals surface area (Å²) in [5.41, 5.74) is 2.07. The third-order valence-electron chi connectivity index (χ3n) is 2.77. The van der Waals surface area contributed by atoms with Crippen LogP contribution in [0.2, 0.25) is 0 Å². The second-order valence-electron chi connectivity index (χ2n) is 4.42. The van der Waals surface area contributed by atoms with E-state index in [-0.39, 0.29) is 0 Å². The van der Waals surface area contributed by atoms with Gasteiger partial charge in [0.05, 0.1) is 0 Å². The molecule has 0 saturated carbocycles. The molecule has 0 unspecified atom stereocenters. The van der Waals surface area contributed by atoms with Crippen LogP contribution in [0.5, 0.6) is 5.75 Å². The second-order valence-corrected chi connectivity index (χ2v) is 4.83. The number of benzene rings is 2. The quantitative estimate of drug-likeness (QED) is 0.629. The predicted octanol–water partition coefficient (Wildman–Crippen LogP) is 3.74. The van der Waals surface area contributed by atoms with Crippen molar-refractivity contribution < 1.29 is 4.74 Å². The van der Waals surface area contributed by atoms with Crippen molar-refractivity contribution in [2.45, 2.75) is 6.61 Å². The highest BCUT2D eigenvalue weighted by Crippen LogP contribution is 2.17. The number of thiocarbonyl (C=S) groups is 1. The van der Waals surface area contributed by atoms with Gasteiger partial charge in [0.15, 0.2) is 5.11 Å². The van der Waals surface area contributed by atoms with Crippen molar-refractivity contribution >= 4 is 23.0 Å². The molecule has 0 saturated heterocycles. The van der Waals surface area contributed by atoms with Gasteiger partial charge < -0.3 is 15.4 Å². The fourth-order valence-corrected chi connectivity index (χ4v) is 1.92. The van der Waals surface area contributed by atoms with Crippen molar-refractivity contribution in [2.75, 3.05) is 11.9 Å². The Kier molecular flexibility index (Phi) is 5.79. The monoisotopic (exact) mass is 298 g/mol. The fraction of sp³-hybridized carbons (Fsp3) is 0.118. The Morgan fingerprint density at radius 1 is 1.10 bits per heavy atom. The third kappa shape index (κ3) is 5.28. The van der Waals surface area contributed by atoms with Gasteiger partial charge in [-0.3, -0.25) is 0 Å². The van der Waals surface area contributed by atoms with E-state index in [4.69, 9.17) is 17.0 Å². The van der Waals surface area contributed by atoms with E-state index >= 15 is 0 Å². The predicted molar refractivity (Wildman–Crippen MR) is 91.6 cm³/mol. The number of hydrogen-bond donors (Lipinski definition) is 2. The summed E-state index contributed by atoms with van der Waals surface area (Å²) < 4.78 is 5.73. The lowest BCUT2D eigenvalue weighted by Crippen LogP contribution is -2.28. The van der Waals surface area contributed by atoms with Gasteiger partial charge in [-0.1, -0.05) is 36.4 Å². The zero-order valence-corrected chi connectivity index (χ0v) is 12.5. The largest absolute Gasteiger partial charge is 0.489 e. The van der Waals surface area contributed by atoms with Gasteiger partial charge in [0.1, 0.15) is 12.4 Å². The molecule has 21 heavy (non-hydrogen) atoms. The van der Waals surface area contributed by atoms with Crippen LogP contribution in [-0.2, 0) is 6.61 Å². The number of ether oxygens (including phenoxy) is 1. The first-order valence-electron chi connectivity index (χ1n) is 6.70.